The molecule has 2 heterocycles. The summed E-state index contributed by atoms with van der Waals surface area (Å²) in [4.78, 5) is 9.12. The fraction of sp³-hybridized carbons (Fsp3) is 0.200. The van der Waals surface area contributed by atoms with Crippen molar-refractivity contribution in [3.05, 3.63) is 51.9 Å². The highest BCUT2D eigenvalue weighted by atomic mass is 35.5. The van der Waals surface area contributed by atoms with Crippen LogP contribution in [-0.4, -0.2) is 14.5 Å². The Labute approximate surface area is 137 Å². The number of hydrogen-bond donors (Lipinski definition) is 0. The SMILES string of the molecule is Cc1ccc2nc(C(C)Cl)n(-c3c(Cl)cccc3Cl)c2n1. The Bertz CT molecular complexity index is 804. The lowest BCUT2D eigenvalue weighted by Gasteiger charge is -2.13. The van der Waals surface area contributed by atoms with E-state index in [2.05, 4.69) is 9.97 Å². The van der Waals surface area contributed by atoms with Gasteiger partial charge in [-0.15, -0.1) is 11.6 Å². The highest BCUT2D eigenvalue weighted by Gasteiger charge is 2.20. The number of benzene rings is 1. The second kappa shape index (κ2) is 5.48. The summed E-state index contributed by atoms with van der Waals surface area (Å²) < 4.78 is 1.84. The van der Waals surface area contributed by atoms with E-state index in [9.17, 15) is 0 Å². The van der Waals surface area contributed by atoms with Gasteiger partial charge < -0.3 is 0 Å². The Balaban J connectivity index is 2.44. The predicted octanol–water partition coefficient (Wildman–Crippen LogP) is 5.34. The van der Waals surface area contributed by atoms with Gasteiger partial charge in [-0.05, 0) is 38.1 Å². The van der Waals surface area contributed by atoms with E-state index in [-0.39, 0.29) is 5.38 Å². The number of rotatable bonds is 2. The molecule has 0 aliphatic rings. The minimum Gasteiger partial charge on any atom is -0.276 e. The van der Waals surface area contributed by atoms with Crippen LogP contribution in [-0.2, 0) is 0 Å². The van der Waals surface area contributed by atoms with Crippen molar-refractivity contribution in [2.75, 3.05) is 0 Å². The number of hydrogen-bond acceptors (Lipinski definition) is 2. The Hall–Kier alpha value is -1.29. The van der Waals surface area contributed by atoms with Gasteiger partial charge >= 0.3 is 0 Å². The lowest BCUT2D eigenvalue weighted by molar-refractivity contribution is 0.876. The lowest BCUT2D eigenvalue weighted by Crippen LogP contribution is -2.04. The van der Waals surface area contributed by atoms with Crippen LogP contribution in [0.4, 0.5) is 0 Å². The Morgan fingerprint density at radius 1 is 1.05 bits per heavy atom. The third-order valence-electron chi connectivity index (χ3n) is 3.19. The molecule has 2 aromatic heterocycles. The monoisotopic (exact) mass is 339 g/mol. The molecule has 21 heavy (non-hydrogen) atoms. The van der Waals surface area contributed by atoms with E-state index in [1.54, 1.807) is 18.2 Å². The smallest absolute Gasteiger partial charge is 0.165 e. The van der Waals surface area contributed by atoms with Crippen molar-refractivity contribution in [2.45, 2.75) is 19.2 Å². The first-order valence-electron chi connectivity index (χ1n) is 6.43. The average molecular weight is 341 g/mol. The molecule has 0 aliphatic carbocycles. The molecule has 3 aromatic rings. The van der Waals surface area contributed by atoms with Gasteiger partial charge in [0.25, 0.3) is 0 Å². The van der Waals surface area contributed by atoms with Crippen molar-refractivity contribution in [3.63, 3.8) is 0 Å². The van der Waals surface area contributed by atoms with Crippen LogP contribution in [0.25, 0.3) is 16.9 Å². The molecular formula is C15H12Cl3N3. The van der Waals surface area contributed by atoms with Gasteiger partial charge in [-0.25, -0.2) is 9.97 Å². The van der Waals surface area contributed by atoms with Gasteiger partial charge in [-0.1, -0.05) is 29.3 Å². The molecule has 0 N–H and O–H groups in total. The maximum atomic E-state index is 6.33. The van der Waals surface area contributed by atoms with Crippen LogP contribution < -0.4 is 0 Å². The Kier molecular flexibility index (Phi) is 3.82. The minimum atomic E-state index is -0.299. The molecule has 0 radical (unpaired) electrons. The highest BCUT2D eigenvalue weighted by Crippen LogP contribution is 2.34. The largest absolute Gasteiger partial charge is 0.276 e. The van der Waals surface area contributed by atoms with Crippen LogP contribution in [0.2, 0.25) is 10.0 Å². The zero-order valence-corrected chi connectivity index (χ0v) is 13.7. The van der Waals surface area contributed by atoms with Gasteiger partial charge in [0.15, 0.2) is 5.65 Å². The summed E-state index contributed by atoms with van der Waals surface area (Å²) >= 11 is 18.9. The molecule has 1 unspecified atom stereocenters. The third kappa shape index (κ3) is 2.50. The molecule has 0 bridgehead atoms. The molecule has 1 atom stereocenters. The summed E-state index contributed by atoms with van der Waals surface area (Å²) in [6.07, 6.45) is 0. The fourth-order valence-corrected chi connectivity index (χ4v) is 2.97. The van der Waals surface area contributed by atoms with Gasteiger partial charge in [0.2, 0.25) is 0 Å². The van der Waals surface area contributed by atoms with E-state index < -0.39 is 0 Å². The molecule has 1 aromatic carbocycles. The van der Waals surface area contributed by atoms with Crippen LogP contribution in [0.15, 0.2) is 30.3 Å². The summed E-state index contributed by atoms with van der Waals surface area (Å²) in [7, 11) is 0. The van der Waals surface area contributed by atoms with E-state index in [1.165, 1.54) is 0 Å². The van der Waals surface area contributed by atoms with Crippen molar-refractivity contribution < 1.29 is 0 Å². The minimum absolute atomic E-state index is 0.299. The number of aromatic nitrogens is 3. The van der Waals surface area contributed by atoms with Gasteiger partial charge in [-0.2, -0.15) is 0 Å². The van der Waals surface area contributed by atoms with Crippen molar-refractivity contribution in [1.29, 1.82) is 0 Å². The van der Waals surface area contributed by atoms with Crippen LogP contribution in [0.3, 0.4) is 0 Å². The van der Waals surface area contributed by atoms with Gasteiger partial charge in [-0.3, -0.25) is 4.57 Å². The molecule has 108 valence electrons. The number of alkyl halides is 1. The number of pyridine rings is 1. The average Bonchev–Trinajstić information content (AvgIpc) is 2.78. The number of halogens is 3. The molecule has 0 spiro atoms. The summed E-state index contributed by atoms with van der Waals surface area (Å²) in [6, 6.07) is 9.20. The highest BCUT2D eigenvalue weighted by molar-refractivity contribution is 6.37. The Morgan fingerprint density at radius 3 is 2.33 bits per heavy atom. The molecule has 3 rings (SSSR count). The standard InChI is InChI=1S/C15H12Cl3N3/c1-8-6-7-12-15(19-8)21(14(20-12)9(2)16)13-10(17)4-3-5-11(13)18/h3-7,9H,1-2H3. The second-order valence-electron chi connectivity index (χ2n) is 4.79. The summed E-state index contributed by atoms with van der Waals surface area (Å²) in [5, 5.41) is 0.763. The van der Waals surface area contributed by atoms with Crippen molar-refractivity contribution in [1.82, 2.24) is 14.5 Å². The van der Waals surface area contributed by atoms with E-state index in [4.69, 9.17) is 34.8 Å². The molecule has 3 nitrogen and oxygen atoms in total. The number of nitrogens with zero attached hydrogens (tertiary/aromatic N) is 3. The van der Waals surface area contributed by atoms with E-state index in [1.807, 2.05) is 30.5 Å². The quantitative estimate of drug-likeness (QED) is 0.590. The van der Waals surface area contributed by atoms with Crippen molar-refractivity contribution >= 4 is 46.0 Å². The third-order valence-corrected chi connectivity index (χ3v) is 3.99. The normalized spacial score (nSPS) is 12.8. The number of imidazole rings is 1. The lowest BCUT2D eigenvalue weighted by atomic mass is 10.3. The first kappa shape index (κ1) is 14.6. The van der Waals surface area contributed by atoms with E-state index >= 15 is 0 Å². The van der Waals surface area contributed by atoms with Crippen LogP contribution in [0.1, 0.15) is 23.8 Å². The van der Waals surface area contributed by atoms with Gasteiger partial charge in [0.1, 0.15) is 11.3 Å². The maximum absolute atomic E-state index is 6.33. The maximum Gasteiger partial charge on any atom is 0.165 e. The molecule has 0 amide bonds. The van der Waals surface area contributed by atoms with Gasteiger partial charge in [0.05, 0.1) is 21.1 Å². The first-order valence-corrected chi connectivity index (χ1v) is 7.62. The van der Waals surface area contributed by atoms with E-state index in [0.717, 1.165) is 11.2 Å². The molecule has 0 saturated carbocycles. The number of fused-ring (bicyclic) bond motifs is 1. The molecule has 0 fully saturated rings. The number of aryl methyl sites for hydroxylation is 1. The topological polar surface area (TPSA) is 30.7 Å². The summed E-state index contributed by atoms with van der Waals surface area (Å²) in [6.45, 7) is 3.78. The molecule has 6 heteroatoms. The molecular weight excluding hydrogens is 329 g/mol. The van der Waals surface area contributed by atoms with E-state index in [0.29, 0.717) is 27.2 Å². The van der Waals surface area contributed by atoms with Crippen LogP contribution in [0.5, 0.6) is 0 Å². The second-order valence-corrected chi connectivity index (χ2v) is 6.26. The fourth-order valence-electron chi connectivity index (χ4n) is 2.26. The van der Waals surface area contributed by atoms with Crippen molar-refractivity contribution in [2.24, 2.45) is 0 Å². The van der Waals surface area contributed by atoms with Crippen LogP contribution in [0, 0.1) is 6.92 Å². The summed E-state index contributed by atoms with van der Waals surface area (Å²) in [5.41, 5.74) is 3.01. The van der Waals surface area contributed by atoms with Gasteiger partial charge in [0, 0.05) is 5.69 Å². The van der Waals surface area contributed by atoms with Crippen molar-refractivity contribution in [3.8, 4) is 5.69 Å². The summed E-state index contributed by atoms with van der Waals surface area (Å²) in [5.74, 6) is 0.666. The number of para-hydroxylation sites is 1. The van der Waals surface area contributed by atoms with Crippen LogP contribution >= 0.6 is 34.8 Å². The predicted molar refractivity (Wildman–Crippen MR) is 87.9 cm³/mol. The zero-order chi connectivity index (χ0) is 15.1. The molecule has 0 saturated heterocycles. The first-order chi connectivity index (χ1) is 9.99. The molecule has 0 aliphatic heterocycles. The zero-order valence-electron chi connectivity index (χ0n) is 11.4. The Morgan fingerprint density at radius 2 is 1.71 bits per heavy atom.